The number of carbonyl (C=O) groups excluding carboxylic acids is 2. The summed E-state index contributed by atoms with van der Waals surface area (Å²) in [5.74, 6) is -2.59. The Morgan fingerprint density at radius 3 is 2.08 bits per heavy atom. The molecule has 2 amide bonds. The molecule has 132 valence electrons. The first-order valence-electron chi connectivity index (χ1n) is 7.84. The number of carbonyl (C=O) groups is 3. The van der Waals surface area contributed by atoms with E-state index in [2.05, 4.69) is 0 Å². The minimum atomic E-state index is -1.29. The number of amides is 2. The maximum atomic E-state index is 12.5. The van der Waals surface area contributed by atoms with Crippen molar-refractivity contribution in [3.63, 3.8) is 0 Å². The fraction of sp³-hybridized carbons (Fsp3) is 0.471. The molecule has 0 fully saturated rings. The lowest BCUT2D eigenvalue weighted by Crippen LogP contribution is -2.54. The van der Waals surface area contributed by atoms with Gasteiger partial charge in [-0.15, -0.1) is 0 Å². The van der Waals surface area contributed by atoms with Crippen LogP contribution >= 0.6 is 0 Å². The van der Waals surface area contributed by atoms with E-state index < -0.39 is 36.4 Å². The van der Waals surface area contributed by atoms with Gasteiger partial charge in [0.2, 0.25) is 11.8 Å². The number of hydrogen-bond donors (Lipinski definition) is 3. The SMILES string of the molecule is CC(C)CC(N)C(=O)N(CC(=O)O)C(=O)C(N)Cc1ccccc1. The second-order valence-corrected chi connectivity index (χ2v) is 6.19. The third-order valence-electron chi connectivity index (χ3n) is 3.48. The Labute approximate surface area is 141 Å². The minimum absolute atomic E-state index is 0.142. The molecule has 2 atom stereocenters. The van der Waals surface area contributed by atoms with Gasteiger partial charge in [-0.25, -0.2) is 0 Å². The van der Waals surface area contributed by atoms with Gasteiger partial charge in [-0.3, -0.25) is 19.3 Å². The summed E-state index contributed by atoms with van der Waals surface area (Å²) in [7, 11) is 0. The number of nitrogens with two attached hydrogens (primary N) is 2. The average molecular weight is 335 g/mol. The molecule has 0 spiro atoms. The molecule has 2 unspecified atom stereocenters. The van der Waals surface area contributed by atoms with E-state index >= 15 is 0 Å². The molecule has 1 rings (SSSR count). The molecular formula is C17H25N3O4. The summed E-state index contributed by atoms with van der Waals surface area (Å²) < 4.78 is 0. The van der Waals surface area contributed by atoms with Gasteiger partial charge in [0.1, 0.15) is 6.54 Å². The van der Waals surface area contributed by atoms with Crippen LogP contribution in [0.1, 0.15) is 25.8 Å². The first kappa shape index (κ1) is 19.8. The maximum absolute atomic E-state index is 12.5. The van der Waals surface area contributed by atoms with Crippen LogP contribution in [0.2, 0.25) is 0 Å². The van der Waals surface area contributed by atoms with E-state index in [0.717, 1.165) is 5.56 Å². The van der Waals surface area contributed by atoms with Gasteiger partial charge < -0.3 is 16.6 Å². The maximum Gasteiger partial charge on any atom is 0.323 e. The fourth-order valence-electron chi connectivity index (χ4n) is 2.36. The monoisotopic (exact) mass is 335 g/mol. The smallest absolute Gasteiger partial charge is 0.323 e. The molecule has 5 N–H and O–H groups in total. The second kappa shape index (κ2) is 9.14. The van der Waals surface area contributed by atoms with Gasteiger partial charge in [-0.2, -0.15) is 0 Å². The Bertz CT molecular complexity index is 574. The van der Waals surface area contributed by atoms with Crippen molar-refractivity contribution in [3.8, 4) is 0 Å². The van der Waals surface area contributed by atoms with Crippen molar-refractivity contribution < 1.29 is 19.5 Å². The van der Waals surface area contributed by atoms with Crippen molar-refractivity contribution in [1.29, 1.82) is 0 Å². The third kappa shape index (κ3) is 6.10. The quantitative estimate of drug-likeness (QED) is 0.630. The van der Waals surface area contributed by atoms with Crippen molar-refractivity contribution >= 4 is 17.8 Å². The lowest BCUT2D eigenvalue weighted by atomic mass is 10.0. The molecule has 0 aliphatic rings. The zero-order valence-corrected chi connectivity index (χ0v) is 14.0. The van der Waals surface area contributed by atoms with Crippen molar-refractivity contribution in [2.75, 3.05) is 6.54 Å². The van der Waals surface area contributed by atoms with Crippen LogP contribution in [0.5, 0.6) is 0 Å². The van der Waals surface area contributed by atoms with Crippen molar-refractivity contribution in [2.45, 2.75) is 38.8 Å². The number of hydrogen-bond acceptors (Lipinski definition) is 5. The predicted octanol–water partition coefficient (Wildman–Crippen LogP) is 0.370. The Morgan fingerprint density at radius 1 is 1.04 bits per heavy atom. The van der Waals surface area contributed by atoms with Gasteiger partial charge >= 0.3 is 5.97 Å². The lowest BCUT2D eigenvalue weighted by Gasteiger charge is -2.25. The average Bonchev–Trinajstić information content (AvgIpc) is 2.51. The van der Waals surface area contributed by atoms with Crippen LogP contribution in [0.4, 0.5) is 0 Å². The fourth-order valence-corrected chi connectivity index (χ4v) is 2.36. The van der Waals surface area contributed by atoms with Crippen LogP contribution in [0, 0.1) is 5.92 Å². The van der Waals surface area contributed by atoms with Gasteiger partial charge in [-0.1, -0.05) is 44.2 Å². The van der Waals surface area contributed by atoms with Crippen LogP contribution < -0.4 is 11.5 Å². The summed E-state index contributed by atoms with van der Waals surface area (Å²) in [5, 5.41) is 8.99. The van der Waals surface area contributed by atoms with E-state index in [0.29, 0.717) is 11.3 Å². The number of carboxylic acids is 1. The van der Waals surface area contributed by atoms with E-state index in [-0.39, 0.29) is 12.3 Å². The predicted molar refractivity (Wildman–Crippen MR) is 89.9 cm³/mol. The first-order chi connectivity index (χ1) is 11.2. The van der Waals surface area contributed by atoms with E-state index in [1.54, 1.807) is 12.1 Å². The Balaban J connectivity index is 2.87. The number of carboxylic acid groups (broad SMARTS) is 1. The van der Waals surface area contributed by atoms with Crippen LogP contribution in [0.15, 0.2) is 30.3 Å². The summed E-state index contributed by atoms with van der Waals surface area (Å²) >= 11 is 0. The topological polar surface area (TPSA) is 127 Å². The Hall–Kier alpha value is -2.25. The summed E-state index contributed by atoms with van der Waals surface area (Å²) in [6.07, 6.45) is 0.568. The number of imide groups is 1. The van der Waals surface area contributed by atoms with Gasteiger partial charge in [-0.05, 0) is 24.3 Å². The van der Waals surface area contributed by atoms with E-state index in [4.69, 9.17) is 16.6 Å². The van der Waals surface area contributed by atoms with Gasteiger partial charge in [0.25, 0.3) is 0 Å². The van der Waals surface area contributed by atoms with E-state index in [1.807, 2.05) is 32.0 Å². The summed E-state index contributed by atoms with van der Waals surface area (Å²) in [4.78, 5) is 36.5. The van der Waals surface area contributed by atoms with Crippen LogP contribution in [-0.4, -0.2) is 46.4 Å². The van der Waals surface area contributed by atoms with Gasteiger partial charge in [0.15, 0.2) is 0 Å². The molecule has 0 aromatic heterocycles. The highest BCUT2D eigenvalue weighted by molar-refractivity contribution is 6.02. The Kier molecular flexibility index (Phi) is 7.54. The molecule has 0 aliphatic heterocycles. The molecular weight excluding hydrogens is 310 g/mol. The molecule has 1 aromatic carbocycles. The number of benzene rings is 1. The van der Waals surface area contributed by atoms with Crippen LogP contribution in [0.25, 0.3) is 0 Å². The number of rotatable bonds is 8. The molecule has 0 radical (unpaired) electrons. The van der Waals surface area contributed by atoms with Gasteiger partial charge in [0.05, 0.1) is 12.1 Å². The highest BCUT2D eigenvalue weighted by Gasteiger charge is 2.31. The number of nitrogens with zero attached hydrogens (tertiary/aromatic N) is 1. The second-order valence-electron chi connectivity index (χ2n) is 6.19. The molecule has 0 saturated carbocycles. The Morgan fingerprint density at radius 2 is 1.58 bits per heavy atom. The zero-order valence-electron chi connectivity index (χ0n) is 14.0. The summed E-state index contributed by atoms with van der Waals surface area (Å²) in [5.41, 5.74) is 12.5. The van der Waals surface area contributed by atoms with Gasteiger partial charge in [0, 0.05) is 0 Å². The third-order valence-corrected chi connectivity index (χ3v) is 3.48. The number of aliphatic carboxylic acids is 1. The van der Waals surface area contributed by atoms with Crippen molar-refractivity contribution in [1.82, 2.24) is 4.90 Å². The molecule has 0 heterocycles. The molecule has 7 nitrogen and oxygen atoms in total. The van der Waals surface area contributed by atoms with Crippen molar-refractivity contribution in [2.24, 2.45) is 17.4 Å². The minimum Gasteiger partial charge on any atom is -0.480 e. The van der Waals surface area contributed by atoms with E-state index in [9.17, 15) is 14.4 Å². The first-order valence-corrected chi connectivity index (χ1v) is 7.84. The zero-order chi connectivity index (χ0) is 18.3. The lowest BCUT2D eigenvalue weighted by molar-refractivity contribution is -0.154. The molecule has 0 aliphatic carbocycles. The highest BCUT2D eigenvalue weighted by Crippen LogP contribution is 2.09. The molecule has 24 heavy (non-hydrogen) atoms. The highest BCUT2D eigenvalue weighted by atomic mass is 16.4. The van der Waals surface area contributed by atoms with Crippen LogP contribution in [-0.2, 0) is 20.8 Å². The summed E-state index contributed by atoms with van der Waals surface area (Å²) in [6.45, 7) is 3.03. The normalized spacial score (nSPS) is 13.4. The van der Waals surface area contributed by atoms with Crippen molar-refractivity contribution in [3.05, 3.63) is 35.9 Å². The standard InChI is InChI=1S/C17H25N3O4/c1-11(2)8-13(18)16(23)20(10-15(21)22)17(24)14(19)9-12-6-4-3-5-7-12/h3-7,11,13-14H,8-10,18-19H2,1-2H3,(H,21,22). The van der Waals surface area contributed by atoms with E-state index in [1.165, 1.54) is 0 Å². The van der Waals surface area contributed by atoms with Crippen LogP contribution in [0.3, 0.4) is 0 Å². The largest absolute Gasteiger partial charge is 0.480 e. The molecule has 7 heteroatoms. The summed E-state index contributed by atoms with van der Waals surface area (Å²) in [6, 6.07) is 7.12. The molecule has 0 saturated heterocycles. The molecule has 0 bridgehead atoms. The molecule has 1 aromatic rings.